The molecule has 0 bridgehead atoms. The van der Waals surface area contributed by atoms with Gasteiger partial charge < -0.3 is 10.4 Å². The Kier molecular flexibility index (Phi) is 4.66. The molecule has 1 amide bonds. The van der Waals surface area contributed by atoms with Crippen molar-refractivity contribution < 1.29 is 14.7 Å². The van der Waals surface area contributed by atoms with Gasteiger partial charge in [-0.2, -0.15) is 0 Å². The molecule has 1 aromatic rings. The Morgan fingerprint density at radius 1 is 1.31 bits per heavy atom. The molecule has 1 atom stereocenters. The van der Waals surface area contributed by atoms with Crippen molar-refractivity contribution in [3.63, 3.8) is 0 Å². The largest absolute Gasteiger partial charge is 0.394 e. The fourth-order valence-electron chi connectivity index (χ4n) is 1.39. The molecule has 0 spiro atoms. The maximum Gasteiger partial charge on any atom is 0.227 e. The molecule has 0 saturated carbocycles. The van der Waals surface area contributed by atoms with Gasteiger partial charge in [-0.05, 0) is 12.5 Å². The van der Waals surface area contributed by atoms with Crippen LogP contribution < -0.4 is 5.32 Å². The van der Waals surface area contributed by atoms with Crippen LogP contribution >= 0.6 is 0 Å². The minimum Gasteiger partial charge on any atom is -0.394 e. The molecule has 0 heterocycles. The molecule has 86 valence electrons. The molecule has 1 unspecified atom stereocenters. The van der Waals surface area contributed by atoms with Crippen molar-refractivity contribution in [2.24, 2.45) is 0 Å². The van der Waals surface area contributed by atoms with E-state index in [0.29, 0.717) is 0 Å². The van der Waals surface area contributed by atoms with Gasteiger partial charge in [-0.15, -0.1) is 0 Å². The van der Waals surface area contributed by atoms with Crippen molar-refractivity contribution in [1.82, 2.24) is 5.32 Å². The van der Waals surface area contributed by atoms with Crippen molar-refractivity contribution in [1.29, 1.82) is 0 Å². The molecule has 1 rings (SSSR count). The number of hydrogen-bond acceptors (Lipinski definition) is 3. The number of hydrogen-bond donors (Lipinski definition) is 2. The fourth-order valence-corrected chi connectivity index (χ4v) is 1.39. The standard InChI is InChI=1S/C12H15NO3/c1-9(15)7-12(16)13-11(8-14)10-5-3-2-4-6-10/h2-6,11,14H,7-8H2,1H3,(H,13,16). The number of carbonyl (C=O) groups is 2. The molecule has 2 N–H and O–H groups in total. The lowest BCUT2D eigenvalue weighted by Gasteiger charge is -2.16. The summed E-state index contributed by atoms with van der Waals surface area (Å²) in [4.78, 5) is 22.1. The van der Waals surface area contributed by atoms with E-state index in [1.807, 2.05) is 30.3 Å². The zero-order valence-electron chi connectivity index (χ0n) is 9.14. The first kappa shape index (κ1) is 12.4. The predicted octanol–water partition coefficient (Wildman–Crippen LogP) is 0.815. The zero-order valence-corrected chi connectivity index (χ0v) is 9.14. The third kappa shape index (κ3) is 3.82. The number of nitrogens with one attached hydrogen (secondary N) is 1. The van der Waals surface area contributed by atoms with Gasteiger partial charge in [0, 0.05) is 0 Å². The number of benzene rings is 1. The maximum absolute atomic E-state index is 11.4. The van der Waals surface area contributed by atoms with Gasteiger partial charge in [-0.3, -0.25) is 9.59 Å². The zero-order chi connectivity index (χ0) is 12.0. The molecule has 0 radical (unpaired) electrons. The topological polar surface area (TPSA) is 66.4 Å². The minimum atomic E-state index is -0.451. The van der Waals surface area contributed by atoms with Crippen molar-refractivity contribution in [3.05, 3.63) is 35.9 Å². The fraction of sp³-hybridized carbons (Fsp3) is 0.333. The monoisotopic (exact) mass is 221 g/mol. The van der Waals surface area contributed by atoms with Gasteiger partial charge in [0.2, 0.25) is 5.91 Å². The summed E-state index contributed by atoms with van der Waals surface area (Å²) in [7, 11) is 0. The lowest BCUT2D eigenvalue weighted by Crippen LogP contribution is -2.31. The number of aliphatic hydroxyl groups is 1. The van der Waals surface area contributed by atoms with Gasteiger partial charge in [0.15, 0.2) is 0 Å². The Morgan fingerprint density at radius 2 is 1.94 bits per heavy atom. The van der Waals surface area contributed by atoms with Gasteiger partial charge in [0.25, 0.3) is 0 Å². The van der Waals surface area contributed by atoms with Crippen LogP contribution in [0.25, 0.3) is 0 Å². The first-order valence-electron chi connectivity index (χ1n) is 5.08. The highest BCUT2D eigenvalue weighted by Gasteiger charge is 2.13. The molecule has 4 nitrogen and oxygen atoms in total. The lowest BCUT2D eigenvalue weighted by atomic mass is 10.1. The highest BCUT2D eigenvalue weighted by Crippen LogP contribution is 2.11. The summed E-state index contributed by atoms with van der Waals surface area (Å²) in [5.74, 6) is -0.558. The van der Waals surface area contributed by atoms with Crippen LogP contribution in [-0.4, -0.2) is 23.4 Å². The van der Waals surface area contributed by atoms with Gasteiger partial charge in [-0.1, -0.05) is 30.3 Å². The van der Waals surface area contributed by atoms with Crippen LogP contribution in [0.5, 0.6) is 0 Å². The minimum absolute atomic E-state index is 0.149. The summed E-state index contributed by atoms with van der Waals surface area (Å²) in [5, 5.41) is 11.8. The molecular weight excluding hydrogens is 206 g/mol. The van der Waals surface area contributed by atoms with E-state index < -0.39 is 6.04 Å². The summed E-state index contributed by atoms with van der Waals surface area (Å²) >= 11 is 0. The van der Waals surface area contributed by atoms with Crippen LogP contribution in [0.2, 0.25) is 0 Å². The molecule has 0 aliphatic rings. The smallest absolute Gasteiger partial charge is 0.227 e. The third-order valence-corrected chi connectivity index (χ3v) is 2.13. The molecular formula is C12H15NO3. The number of rotatable bonds is 5. The van der Waals surface area contributed by atoms with E-state index >= 15 is 0 Å². The second-order valence-corrected chi connectivity index (χ2v) is 3.59. The van der Waals surface area contributed by atoms with E-state index in [-0.39, 0.29) is 24.7 Å². The molecule has 1 aromatic carbocycles. The van der Waals surface area contributed by atoms with Crippen molar-refractivity contribution in [2.45, 2.75) is 19.4 Å². The van der Waals surface area contributed by atoms with Crippen LogP contribution in [-0.2, 0) is 9.59 Å². The molecule has 4 heteroatoms. The molecule has 0 aromatic heterocycles. The van der Waals surface area contributed by atoms with Gasteiger partial charge in [0.1, 0.15) is 5.78 Å². The van der Waals surface area contributed by atoms with E-state index in [4.69, 9.17) is 5.11 Å². The second-order valence-electron chi connectivity index (χ2n) is 3.59. The normalized spacial score (nSPS) is 11.9. The SMILES string of the molecule is CC(=O)CC(=O)NC(CO)c1ccccc1. The first-order chi connectivity index (χ1) is 7.63. The van der Waals surface area contributed by atoms with Crippen LogP contribution in [0.1, 0.15) is 24.9 Å². The average Bonchev–Trinajstić information content (AvgIpc) is 2.26. The number of ketones is 1. The number of amides is 1. The second kappa shape index (κ2) is 6.02. The summed E-state index contributed by atoms with van der Waals surface area (Å²) in [6.07, 6.45) is -0.149. The Morgan fingerprint density at radius 3 is 2.44 bits per heavy atom. The van der Waals surface area contributed by atoms with Gasteiger partial charge in [-0.25, -0.2) is 0 Å². The lowest BCUT2D eigenvalue weighted by molar-refractivity contribution is -0.127. The number of aliphatic hydroxyl groups excluding tert-OH is 1. The third-order valence-electron chi connectivity index (χ3n) is 2.13. The van der Waals surface area contributed by atoms with E-state index in [1.165, 1.54) is 6.92 Å². The Balaban J connectivity index is 2.63. The van der Waals surface area contributed by atoms with Gasteiger partial charge >= 0.3 is 0 Å². The van der Waals surface area contributed by atoms with E-state index in [0.717, 1.165) is 5.56 Å². The Hall–Kier alpha value is -1.68. The highest BCUT2D eigenvalue weighted by atomic mass is 16.3. The van der Waals surface area contributed by atoms with Crippen molar-refractivity contribution in [3.8, 4) is 0 Å². The highest BCUT2D eigenvalue weighted by molar-refractivity contribution is 5.96. The van der Waals surface area contributed by atoms with E-state index in [2.05, 4.69) is 5.32 Å². The summed E-state index contributed by atoms with van der Waals surface area (Å²) < 4.78 is 0. The first-order valence-corrected chi connectivity index (χ1v) is 5.08. The van der Waals surface area contributed by atoms with Crippen molar-refractivity contribution in [2.75, 3.05) is 6.61 Å². The van der Waals surface area contributed by atoms with Crippen LogP contribution in [0.15, 0.2) is 30.3 Å². The van der Waals surface area contributed by atoms with Crippen LogP contribution in [0.3, 0.4) is 0 Å². The van der Waals surface area contributed by atoms with Crippen LogP contribution in [0.4, 0.5) is 0 Å². The quantitative estimate of drug-likeness (QED) is 0.723. The Labute approximate surface area is 94.3 Å². The van der Waals surface area contributed by atoms with Crippen LogP contribution in [0, 0.1) is 0 Å². The van der Waals surface area contributed by atoms with Crippen molar-refractivity contribution >= 4 is 11.7 Å². The molecule has 0 fully saturated rings. The number of Topliss-reactive ketones (excluding diaryl/α,β-unsaturated/α-hetero) is 1. The van der Waals surface area contributed by atoms with E-state index in [1.54, 1.807) is 0 Å². The molecule has 0 aliphatic carbocycles. The summed E-state index contributed by atoms with van der Waals surface area (Å²) in [6, 6.07) is 8.69. The Bertz CT molecular complexity index is 362. The average molecular weight is 221 g/mol. The van der Waals surface area contributed by atoms with E-state index in [9.17, 15) is 9.59 Å². The summed E-state index contributed by atoms with van der Waals surface area (Å²) in [5.41, 5.74) is 0.821. The molecule has 16 heavy (non-hydrogen) atoms. The van der Waals surface area contributed by atoms with Gasteiger partial charge in [0.05, 0.1) is 19.1 Å². The number of carbonyl (C=O) groups excluding carboxylic acids is 2. The molecule has 0 aliphatic heterocycles. The molecule has 0 saturated heterocycles. The predicted molar refractivity (Wildman–Crippen MR) is 59.7 cm³/mol. The maximum atomic E-state index is 11.4. The summed E-state index contributed by atoms with van der Waals surface area (Å²) in [6.45, 7) is 1.17.